The molecule has 2 nitrogen and oxygen atoms in total. The molecule has 0 aliphatic carbocycles. The molecule has 0 saturated carbocycles. The zero-order chi connectivity index (χ0) is 13.3. The van der Waals surface area contributed by atoms with Crippen LogP contribution in [-0.4, -0.2) is 25.3 Å². The molecule has 0 amide bonds. The van der Waals surface area contributed by atoms with Crippen LogP contribution in [0.15, 0.2) is 30.3 Å². The smallest absolute Gasteiger partial charge is 0.0728 e. The van der Waals surface area contributed by atoms with Gasteiger partial charge in [-0.15, -0.1) is 0 Å². The number of hydrogen-bond donors (Lipinski definition) is 1. The molecule has 1 aromatic rings. The van der Waals surface area contributed by atoms with Crippen LogP contribution in [0, 0.1) is 0 Å². The Morgan fingerprint density at radius 1 is 1.26 bits per heavy atom. The van der Waals surface area contributed by atoms with Crippen LogP contribution < -0.4 is 5.32 Å². The first-order valence-electron chi connectivity index (χ1n) is 7.79. The van der Waals surface area contributed by atoms with Crippen molar-refractivity contribution in [2.75, 3.05) is 13.2 Å². The molecule has 2 unspecified atom stereocenters. The van der Waals surface area contributed by atoms with Gasteiger partial charge in [-0.1, -0.05) is 37.3 Å². The molecule has 0 spiro atoms. The molecule has 19 heavy (non-hydrogen) atoms. The van der Waals surface area contributed by atoms with Crippen LogP contribution in [0.4, 0.5) is 0 Å². The SMILES string of the molecule is CCNC(CCCc1ccccc1)C1CCCCO1. The number of likely N-dealkylation sites (N-methyl/N-ethyl adjacent to an activating group) is 1. The Labute approximate surface area is 117 Å². The molecule has 0 bridgehead atoms. The van der Waals surface area contributed by atoms with Crippen LogP contribution in [0.25, 0.3) is 0 Å². The van der Waals surface area contributed by atoms with Gasteiger partial charge >= 0.3 is 0 Å². The van der Waals surface area contributed by atoms with Crippen LogP contribution in [0.3, 0.4) is 0 Å². The van der Waals surface area contributed by atoms with E-state index in [4.69, 9.17) is 4.74 Å². The average Bonchev–Trinajstić information content (AvgIpc) is 2.48. The Morgan fingerprint density at radius 2 is 2.11 bits per heavy atom. The van der Waals surface area contributed by atoms with Gasteiger partial charge in [-0.2, -0.15) is 0 Å². The van der Waals surface area contributed by atoms with Gasteiger partial charge in [-0.25, -0.2) is 0 Å². The zero-order valence-electron chi connectivity index (χ0n) is 12.1. The van der Waals surface area contributed by atoms with E-state index in [9.17, 15) is 0 Å². The number of rotatable bonds is 7. The topological polar surface area (TPSA) is 21.3 Å². The minimum atomic E-state index is 0.435. The molecule has 1 N–H and O–H groups in total. The van der Waals surface area contributed by atoms with Gasteiger partial charge in [0.1, 0.15) is 0 Å². The molecular weight excluding hydrogens is 234 g/mol. The zero-order valence-corrected chi connectivity index (χ0v) is 12.1. The summed E-state index contributed by atoms with van der Waals surface area (Å²) in [5.74, 6) is 0. The Morgan fingerprint density at radius 3 is 2.79 bits per heavy atom. The summed E-state index contributed by atoms with van der Waals surface area (Å²) < 4.78 is 5.93. The predicted molar refractivity (Wildman–Crippen MR) is 80.4 cm³/mol. The lowest BCUT2D eigenvalue weighted by molar-refractivity contribution is -0.00928. The van der Waals surface area contributed by atoms with E-state index >= 15 is 0 Å². The lowest BCUT2D eigenvalue weighted by Gasteiger charge is -2.31. The molecule has 1 saturated heterocycles. The van der Waals surface area contributed by atoms with E-state index < -0.39 is 0 Å². The Bertz CT molecular complexity index is 332. The van der Waals surface area contributed by atoms with E-state index in [0.29, 0.717) is 12.1 Å². The van der Waals surface area contributed by atoms with Crippen molar-refractivity contribution in [3.8, 4) is 0 Å². The summed E-state index contributed by atoms with van der Waals surface area (Å²) in [6.07, 6.45) is 7.85. The summed E-state index contributed by atoms with van der Waals surface area (Å²) >= 11 is 0. The molecule has 2 rings (SSSR count). The first-order chi connectivity index (χ1) is 9.40. The van der Waals surface area contributed by atoms with Gasteiger partial charge in [0.2, 0.25) is 0 Å². The van der Waals surface area contributed by atoms with E-state index in [-0.39, 0.29) is 0 Å². The number of benzene rings is 1. The molecule has 1 fully saturated rings. The quantitative estimate of drug-likeness (QED) is 0.810. The number of nitrogens with one attached hydrogen (secondary N) is 1. The van der Waals surface area contributed by atoms with Crippen molar-refractivity contribution in [3.63, 3.8) is 0 Å². The van der Waals surface area contributed by atoms with Gasteiger partial charge in [0.15, 0.2) is 0 Å². The highest BCUT2D eigenvalue weighted by Crippen LogP contribution is 2.19. The summed E-state index contributed by atoms with van der Waals surface area (Å²) in [7, 11) is 0. The molecular formula is C17H27NO. The standard InChI is InChI=1S/C17H27NO/c1-2-18-16(17-13-6-7-14-19-17)12-8-11-15-9-4-3-5-10-15/h3-5,9-10,16-18H,2,6-8,11-14H2,1H3. The molecule has 1 heterocycles. The van der Waals surface area contributed by atoms with E-state index in [1.54, 1.807) is 0 Å². The van der Waals surface area contributed by atoms with Gasteiger partial charge in [-0.05, 0) is 50.6 Å². The molecule has 106 valence electrons. The maximum Gasteiger partial charge on any atom is 0.0728 e. The van der Waals surface area contributed by atoms with Crippen molar-refractivity contribution in [1.82, 2.24) is 5.32 Å². The van der Waals surface area contributed by atoms with Gasteiger partial charge in [0, 0.05) is 12.6 Å². The molecule has 2 atom stereocenters. The second kappa shape index (κ2) is 8.34. The maximum absolute atomic E-state index is 5.93. The highest BCUT2D eigenvalue weighted by molar-refractivity contribution is 5.14. The monoisotopic (exact) mass is 261 g/mol. The summed E-state index contributed by atoms with van der Waals surface area (Å²) in [5.41, 5.74) is 1.45. The van der Waals surface area contributed by atoms with Crippen molar-refractivity contribution >= 4 is 0 Å². The highest BCUT2D eigenvalue weighted by Gasteiger charge is 2.23. The van der Waals surface area contributed by atoms with Crippen molar-refractivity contribution in [1.29, 1.82) is 0 Å². The number of aryl methyl sites for hydroxylation is 1. The fourth-order valence-corrected chi connectivity index (χ4v) is 2.94. The summed E-state index contributed by atoms with van der Waals surface area (Å²) in [5, 5.41) is 3.61. The molecule has 1 aliphatic rings. The van der Waals surface area contributed by atoms with Crippen LogP contribution >= 0.6 is 0 Å². The lowest BCUT2D eigenvalue weighted by atomic mass is 9.96. The Hall–Kier alpha value is -0.860. The summed E-state index contributed by atoms with van der Waals surface area (Å²) in [4.78, 5) is 0. The minimum absolute atomic E-state index is 0.435. The first-order valence-corrected chi connectivity index (χ1v) is 7.79. The van der Waals surface area contributed by atoms with Crippen molar-refractivity contribution in [2.45, 2.75) is 57.6 Å². The third kappa shape index (κ3) is 4.96. The normalized spacial score (nSPS) is 21.2. The van der Waals surface area contributed by atoms with Crippen LogP contribution in [0.5, 0.6) is 0 Å². The first kappa shape index (κ1) is 14.5. The lowest BCUT2D eigenvalue weighted by Crippen LogP contribution is -2.43. The van der Waals surface area contributed by atoms with Crippen LogP contribution in [0.1, 0.15) is 44.6 Å². The van der Waals surface area contributed by atoms with E-state index in [1.807, 2.05) is 0 Å². The fraction of sp³-hybridized carbons (Fsp3) is 0.647. The van der Waals surface area contributed by atoms with Crippen LogP contribution in [-0.2, 0) is 11.2 Å². The van der Waals surface area contributed by atoms with E-state index in [1.165, 1.54) is 44.1 Å². The number of ether oxygens (including phenoxy) is 1. The van der Waals surface area contributed by atoms with Crippen molar-refractivity contribution in [3.05, 3.63) is 35.9 Å². The predicted octanol–water partition coefficient (Wildman–Crippen LogP) is 3.56. The molecule has 0 aromatic heterocycles. The van der Waals surface area contributed by atoms with Gasteiger partial charge < -0.3 is 10.1 Å². The van der Waals surface area contributed by atoms with Crippen LogP contribution in [0.2, 0.25) is 0 Å². The Kier molecular flexibility index (Phi) is 6.38. The molecule has 1 aromatic carbocycles. The van der Waals surface area contributed by atoms with E-state index in [2.05, 4.69) is 42.6 Å². The summed E-state index contributed by atoms with van der Waals surface area (Å²) in [6, 6.07) is 11.3. The number of hydrogen-bond acceptors (Lipinski definition) is 2. The maximum atomic E-state index is 5.93. The van der Waals surface area contributed by atoms with E-state index in [0.717, 1.165) is 13.2 Å². The third-order valence-electron chi connectivity index (χ3n) is 3.95. The Balaban J connectivity index is 1.76. The molecule has 2 heteroatoms. The second-order valence-corrected chi connectivity index (χ2v) is 5.45. The van der Waals surface area contributed by atoms with Crippen molar-refractivity contribution < 1.29 is 4.74 Å². The second-order valence-electron chi connectivity index (χ2n) is 5.45. The van der Waals surface area contributed by atoms with Gasteiger partial charge in [0.05, 0.1) is 6.10 Å². The third-order valence-corrected chi connectivity index (χ3v) is 3.95. The highest BCUT2D eigenvalue weighted by atomic mass is 16.5. The minimum Gasteiger partial charge on any atom is -0.377 e. The summed E-state index contributed by atoms with van der Waals surface area (Å²) in [6.45, 7) is 4.17. The fourth-order valence-electron chi connectivity index (χ4n) is 2.94. The largest absolute Gasteiger partial charge is 0.377 e. The van der Waals surface area contributed by atoms with Gasteiger partial charge in [0.25, 0.3) is 0 Å². The molecule has 0 radical (unpaired) electrons. The van der Waals surface area contributed by atoms with Gasteiger partial charge in [-0.3, -0.25) is 0 Å². The molecule has 1 aliphatic heterocycles. The average molecular weight is 261 g/mol. The van der Waals surface area contributed by atoms with Crippen molar-refractivity contribution in [2.24, 2.45) is 0 Å².